The maximum atomic E-state index is 13.7. The number of aliphatic hydroxyl groups is 1. The predicted octanol–water partition coefficient (Wildman–Crippen LogP) is 4.22. The molecule has 0 fully saturated rings. The number of carbonyl (C=O) groups excluding carboxylic acids is 1. The molecule has 3 N–H and O–H groups in total. The zero-order valence-electron chi connectivity index (χ0n) is 17.0. The second kappa shape index (κ2) is 10.3. The van der Waals surface area contributed by atoms with Crippen molar-refractivity contribution >= 4 is 34.0 Å². The molecule has 0 unspecified atom stereocenters. The van der Waals surface area contributed by atoms with E-state index in [9.17, 15) is 40.5 Å². The average Bonchev–Trinajstić information content (AvgIpc) is 2.69. The van der Waals surface area contributed by atoms with E-state index >= 15 is 0 Å². The van der Waals surface area contributed by atoms with E-state index in [4.69, 9.17) is 11.6 Å². The molecule has 0 bridgehead atoms. The van der Waals surface area contributed by atoms with Gasteiger partial charge >= 0.3 is 12.4 Å². The zero-order valence-corrected chi connectivity index (χ0v) is 18.6. The summed E-state index contributed by atoms with van der Waals surface area (Å²) < 4.78 is 90.8. The Labute approximate surface area is 192 Å². The van der Waals surface area contributed by atoms with Gasteiger partial charge in [-0.1, -0.05) is 29.8 Å². The molecule has 0 aromatic heterocycles. The van der Waals surface area contributed by atoms with Gasteiger partial charge in [-0.3, -0.25) is 9.00 Å². The fraction of sp³-hybridized carbons (Fsp3) is 0.350. The van der Waals surface area contributed by atoms with Crippen LogP contribution in [0.2, 0.25) is 5.02 Å². The molecular formula is C20H19ClF6N2O3S. The van der Waals surface area contributed by atoms with Gasteiger partial charge in [-0.15, -0.1) is 0 Å². The van der Waals surface area contributed by atoms with Gasteiger partial charge in [-0.25, -0.2) is 0 Å². The first-order chi connectivity index (χ1) is 15.1. The summed E-state index contributed by atoms with van der Waals surface area (Å²) in [6, 6.07) is 6.36. The third-order valence-electron chi connectivity index (χ3n) is 4.55. The van der Waals surface area contributed by atoms with Gasteiger partial charge in [0.25, 0.3) is 0 Å². The summed E-state index contributed by atoms with van der Waals surface area (Å²) >= 11 is 6.09. The normalized spacial score (nSPS) is 14.9. The van der Waals surface area contributed by atoms with E-state index in [0.717, 1.165) is 12.1 Å². The van der Waals surface area contributed by atoms with Crippen LogP contribution < -0.4 is 10.6 Å². The Kier molecular flexibility index (Phi) is 8.41. The van der Waals surface area contributed by atoms with Crippen LogP contribution in [0.3, 0.4) is 0 Å². The molecule has 2 aromatic carbocycles. The van der Waals surface area contributed by atoms with Gasteiger partial charge in [0, 0.05) is 34.3 Å². The summed E-state index contributed by atoms with van der Waals surface area (Å²) in [6.07, 6.45) is -8.83. The summed E-state index contributed by atoms with van der Waals surface area (Å²) in [6.45, 7) is -1.21. The Bertz CT molecular complexity index is 1030. The van der Waals surface area contributed by atoms with Crippen LogP contribution in [-0.4, -0.2) is 40.0 Å². The van der Waals surface area contributed by atoms with E-state index in [1.807, 2.05) is 0 Å². The lowest BCUT2D eigenvalue weighted by Gasteiger charge is -2.32. The smallest absolute Gasteiger partial charge is 0.381 e. The van der Waals surface area contributed by atoms with Gasteiger partial charge in [0.1, 0.15) is 5.75 Å². The van der Waals surface area contributed by atoms with Crippen molar-refractivity contribution in [2.75, 3.05) is 23.9 Å². The summed E-state index contributed by atoms with van der Waals surface area (Å²) in [4.78, 5) is 11.6. The molecule has 0 saturated heterocycles. The topological polar surface area (TPSA) is 78.4 Å². The highest BCUT2D eigenvalue weighted by Gasteiger charge is 2.55. The number of halogens is 7. The number of amides is 1. The third kappa shape index (κ3) is 7.08. The van der Waals surface area contributed by atoms with Gasteiger partial charge in [-0.05, 0) is 35.4 Å². The monoisotopic (exact) mass is 516 g/mol. The van der Waals surface area contributed by atoms with Gasteiger partial charge in [0.15, 0.2) is 0 Å². The number of nitrogens with one attached hydrogen (secondary N) is 2. The van der Waals surface area contributed by atoms with Crippen molar-refractivity contribution in [1.29, 1.82) is 0 Å². The molecule has 0 aliphatic carbocycles. The molecule has 0 saturated carbocycles. The molecule has 0 radical (unpaired) electrons. The van der Waals surface area contributed by atoms with Gasteiger partial charge in [0.05, 0.1) is 12.1 Å². The van der Waals surface area contributed by atoms with Crippen LogP contribution >= 0.6 is 11.6 Å². The third-order valence-corrected chi connectivity index (χ3v) is 5.57. The molecule has 0 spiro atoms. The standard InChI is InChI=1S/C20H19ClF6N2O3S/c1-33(32)10-17(30)28-9-12-5-6-15(8-16(12)21)29-11-18(31,20(25,26)27)13-3-2-4-14(7-13)19(22,23)24/h2-8,29,31H,9-11H2,1H3,(H,28,30)/t18-,33-/m0/s1. The average molecular weight is 517 g/mol. The molecular weight excluding hydrogens is 498 g/mol. The van der Waals surface area contributed by atoms with Crippen LogP contribution in [-0.2, 0) is 33.9 Å². The maximum Gasteiger partial charge on any atom is 0.423 e. The number of anilines is 1. The molecule has 5 nitrogen and oxygen atoms in total. The van der Waals surface area contributed by atoms with Crippen molar-refractivity contribution in [2.45, 2.75) is 24.5 Å². The SMILES string of the molecule is C[S@](=O)CC(=O)NCc1ccc(NC[C@](O)(c2cccc(C(F)(F)F)c2)C(F)(F)F)cc1Cl. The minimum absolute atomic E-state index is 0.0220. The van der Waals surface area contributed by atoms with E-state index in [-0.39, 0.29) is 29.1 Å². The Balaban J connectivity index is 2.20. The molecule has 33 heavy (non-hydrogen) atoms. The Morgan fingerprint density at radius 1 is 1.06 bits per heavy atom. The number of alkyl halides is 6. The van der Waals surface area contributed by atoms with Crippen molar-refractivity contribution in [3.05, 3.63) is 64.2 Å². The largest absolute Gasteiger partial charge is 0.423 e. The van der Waals surface area contributed by atoms with Crippen molar-refractivity contribution < 1.29 is 40.5 Å². The quantitative estimate of drug-likeness (QED) is 0.459. The summed E-state index contributed by atoms with van der Waals surface area (Å²) in [7, 11) is -1.34. The van der Waals surface area contributed by atoms with Gasteiger partial charge < -0.3 is 15.7 Å². The van der Waals surface area contributed by atoms with Crippen LogP contribution in [0.25, 0.3) is 0 Å². The molecule has 2 atom stereocenters. The Morgan fingerprint density at radius 3 is 2.24 bits per heavy atom. The van der Waals surface area contributed by atoms with Crippen LogP contribution in [0, 0.1) is 0 Å². The molecule has 1 amide bonds. The summed E-state index contributed by atoms with van der Waals surface area (Å²) in [5.41, 5.74) is -5.45. The van der Waals surface area contributed by atoms with Gasteiger partial charge in [-0.2, -0.15) is 26.3 Å². The zero-order chi connectivity index (χ0) is 25.0. The molecule has 0 aliphatic rings. The van der Waals surface area contributed by atoms with Crippen molar-refractivity contribution in [1.82, 2.24) is 5.32 Å². The lowest BCUT2D eigenvalue weighted by Crippen LogP contribution is -2.48. The van der Waals surface area contributed by atoms with Crippen molar-refractivity contribution in [2.24, 2.45) is 0 Å². The Hall–Kier alpha value is -2.31. The highest BCUT2D eigenvalue weighted by molar-refractivity contribution is 7.85. The number of hydrogen-bond acceptors (Lipinski definition) is 4. The summed E-state index contributed by atoms with van der Waals surface area (Å²) in [5, 5.41) is 15.3. The molecule has 0 heterocycles. The summed E-state index contributed by atoms with van der Waals surface area (Å²) in [5.74, 6) is -0.687. The second-order valence-corrected chi connectivity index (χ2v) is 8.93. The van der Waals surface area contributed by atoms with Crippen LogP contribution in [0.1, 0.15) is 16.7 Å². The molecule has 2 rings (SSSR count). The fourth-order valence-corrected chi connectivity index (χ4v) is 3.50. The predicted molar refractivity (Wildman–Crippen MR) is 112 cm³/mol. The first-order valence-corrected chi connectivity index (χ1v) is 11.3. The molecule has 2 aromatic rings. The number of benzene rings is 2. The van der Waals surface area contributed by atoms with Gasteiger partial charge in [0.2, 0.25) is 11.5 Å². The first-order valence-electron chi connectivity index (χ1n) is 9.19. The first kappa shape index (κ1) is 26.9. The van der Waals surface area contributed by atoms with Crippen LogP contribution in [0.4, 0.5) is 32.0 Å². The van der Waals surface area contributed by atoms with E-state index in [1.54, 1.807) is 0 Å². The highest BCUT2D eigenvalue weighted by atomic mass is 35.5. The molecule has 182 valence electrons. The maximum absolute atomic E-state index is 13.7. The van der Waals surface area contributed by atoms with Crippen LogP contribution in [0.5, 0.6) is 0 Å². The number of rotatable bonds is 8. The van der Waals surface area contributed by atoms with E-state index in [2.05, 4.69) is 10.6 Å². The minimum Gasteiger partial charge on any atom is -0.381 e. The van der Waals surface area contributed by atoms with E-state index in [0.29, 0.717) is 11.6 Å². The fourth-order valence-electron chi connectivity index (χ4n) is 2.78. The molecule has 13 heteroatoms. The van der Waals surface area contributed by atoms with Crippen molar-refractivity contribution in [3.8, 4) is 0 Å². The minimum atomic E-state index is -5.29. The second-order valence-electron chi connectivity index (χ2n) is 7.09. The highest BCUT2D eigenvalue weighted by Crippen LogP contribution is 2.41. The molecule has 0 aliphatic heterocycles. The van der Waals surface area contributed by atoms with Crippen LogP contribution in [0.15, 0.2) is 42.5 Å². The Morgan fingerprint density at radius 2 is 1.70 bits per heavy atom. The number of hydrogen-bond donors (Lipinski definition) is 3. The van der Waals surface area contributed by atoms with E-state index < -0.39 is 52.3 Å². The van der Waals surface area contributed by atoms with Crippen molar-refractivity contribution in [3.63, 3.8) is 0 Å². The lowest BCUT2D eigenvalue weighted by atomic mass is 9.91. The lowest BCUT2D eigenvalue weighted by molar-refractivity contribution is -0.260. The van der Waals surface area contributed by atoms with E-state index in [1.165, 1.54) is 24.5 Å². The number of carbonyl (C=O) groups is 1.